The number of para-hydroxylation sites is 1. The summed E-state index contributed by atoms with van der Waals surface area (Å²) in [7, 11) is 0. The van der Waals surface area contributed by atoms with Crippen LogP contribution in [0.4, 0.5) is 5.69 Å². The standard InChI is InChI=1S/C9H10N3S2/c1-2-13-9-10-12(11-14-9)8-6-4-3-5-7-8/h3-7H,2H2,1H3. The van der Waals surface area contributed by atoms with Gasteiger partial charge >= 0.3 is 0 Å². The highest BCUT2D eigenvalue weighted by molar-refractivity contribution is 8.38. The zero-order valence-corrected chi connectivity index (χ0v) is 9.38. The summed E-state index contributed by atoms with van der Waals surface area (Å²) in [6.45, 7) is 2.11. The number of nitrogens with zero attached hydrogens (tertiary/aromatic N) is 3. The van der Waals surface area contributed by atoms with E-state index in [1.807, 2.05) is 30.3 Å². The first kappa shape index (κ1) is 9.89. The number of hydrogen-bond donors (Lipinski definition) is 0. The monoisotopic (exact) mass is 224 g/mol. The van der Waals surface area contributed by atoms with Gasteiger partial charge in [0.2, 0.25) is 0 Å². The summed E-state index contributed by atoms with van der Waals surface area (Å²) < 4.78 is 1.01. The molecule has 0 aromatic heterocycles. The molecule has 0 aliphatic carbocycles. The largest absolute Gasteiger partial charge is 0.170 e. The van der Waals surface area contributed by atoms with Crippen molar-refractivity contribution in [2.24, 2.45) is 5.10 Å². The Bertz CT molecular complexity index is 326. The van der Waals surface area contributed by atoms with Crippen LogP contribution in [0.25, 0.3) is 0 Å². The van der Waals surface area contributed by atoms with Gasteiger partial charge in [0.25, 0.3) is 0 Å². The number of rotatable bonds is 2. The molecule has 0 saturated carbocycles. The first-order valence-electron chi connectivity index (χ1n) is 4.34. The van der Waals surface area contributed by atoms with Crippen LogP contribution in [-0.4, -0.2) is 10.1 Å². The second-order valence-electron chi connectivity index (χ2n) is 2.60. The number of benzene rings is 1. The molecule has 0 unspecified atom stereocenters. The number of hydrazone groups is 1. The topological polar surface area (TPSA) is 29.7 Å². The minimum Gasteiger partial charge on any atom is -0.165 e. The highest BCUT2D eigenvalue weighted by atomic mass is 32.2. The van der Waals surface area contributed by atoms with Crippen LogP contribution in [0.15, 0.2) is 35.4 Å². The molecule has 1 aromatic rings. The minimum atomic E-state index is 1.01. The van der Waals surface area contributed by atoms with E-state index in [2.05, 4.69) is 16.9 Å². The summed E-state index contributed by atoms with van der Waals surface area (Å²) >= 11 is 3.15. The van der Waals surface area contributed by atoms with Crippen LogP contribution in [0.2, 0.25) is 0 Å². The Labute approximate surface area is 92.0 Å². The second-order valence-corrected chi connectivity index (χ2v) is 4.84. The van der Waals surface area contributed by atoms with Gasteiger partial charge < -0.3 is 0 Å². The van der Waals surface area contributed by atoms with Gasteiger partial charge in [-0.25, -0.2) is 0 Å². The minimum absolute atomic E-state index is 1.01. The van der Waals surface area contributed by atoms with E-state index in [0.29, 0.717) is 0 Å². The number of thioether (sulfide) groups is 1. The predicted octanol–water partition coefficient (Wildman–Crippen LogP) is 2.70. The Balaban J connectivity index is 2.08. The molecular weight excluding hydrogens is 214 g/mol. The fraction of sp³-hybridized carbons (Fsp3) is 0.222. The Morgan fingerprint density at radius 1 is 1.36 bits per heavy atom. The molecule has 0 spiro atoms. The van der Waals surface area contributed by atoms with Crippen LogP contribution in [0, 0.1) is 0 Å². The van der Waals surface area contributed by atoms with Gasteiger partial charge in [-0.05, 0) is 22.7 Å². The maximum atomic E-state index is 4.36. The molecule has 14 heavy (non-hydrogen) atoms. The van der Waals surface area contributed by atoms with E-state index in [0.717, 1.165) is 15.8 Å². The van der Waals surface area contributed by atoms with Gasteiger partial charge in [0.1, 0.15) is 0 Å². The lowest BCUT2D eigenvalue weighted by atomic mass is 10.3. The predicted molar refractivity (Wildman–Crippen MR) is 64.2 cm³/mol. The highest BCUT2D eigenvalue weighted by Crippen LogP contribution is 2.26. The molecule has 1 aromatic carbocycles. The zero-order chi connectivity index (χ0) is 9.80. The van der Waals surface area contributed by atoms with E-state index in [-0.39, 0.29) is 0 Å². The van der Waals surface area contributed by atoms with E-state index in [4.69, 9.17) is 0 Å². The van der Waals surface area contributed by atoms with Crippen LogP contribution < -0.4 is 9.95 Å². The van der Waals surface area contributed by atoms with Crippen LogP contribution in [0.1, 0.15) is 6.92 Å². The van der Waals surface area contributed by atoms with Gasteiger partial charge in [0.15, 0.2) is 4.38 Å². The van der Waals surface area contributed by atoms with Gasteiger partial charge in [0, 0.05) is 11.9 Å². The molecule has 2 rings (SSSR count). The molecule has 1 aliphatic heterocycles. The van der Waals surface area contributed by atoms with Crippen molar-refractivity contribution in [3.8, 4) is 0 Å². The summed E-state index contributed by atoms with van der Waals surface area (Å²) in [6, 6.07) is 9.93. The third-order valence-corrected chi connectivity index (χ3v) is 3.30. The maximum absolute atomic E-state index is 4.36. The van der Waals surface area contributed by atoms with Crippen molar-refractivity contribution < 1.29 is 0 Å². The zero-order valence-electron chi connectivity index (χ0n) is 7.75. The van der Waals surface area contributed by atoms with Crippen molar-refractivity contribution in [1.82, 2.24) is 4.83 Å². The van der Waals surface area contributed by atoms with Gasteiger partial charge in [0.05, 0.1) is 5.69 Å². The number of hydrogen-bond acceptors (Lipinski definition) is 4. The van der Waals surface area contributed by atoms with Crippen molar-refractivity contribution in [3.05, 3.63) is 30.3 Å². The molecule has 0 fully saturated rings. The third-order valence-electron chi connectivity index (χ3n) is 1.63. The molecule has 1 aliphatic rings. The Morgan fingerprint density at radius 3 is 2.86 bits per heavy atom. The Kier molecular flexibility index (Phi) is 3.34. The van der Waals surface area contributed by atoms with Crippen molar-refractivity contribution >= 4 is 33.8 Å². The van der Waals surface area contributed by atoms with Crippen molar-refractivity contribution in [3.63, 3.8) is 0 Å². The van der Waals surface area contributed by atoms with Crippen molar-refractivity contribution in [1.29, 1.82) is 0 Å². The maximum Gasteiger partial charge on any atom is 0.170 e. The van der Waals surface area contributed by atoms with E-state index < -0.39 is 0 Å². The molecule has 73 valence electrons. The molecule has 5 heteroatoms. The first-order chi connectivity index (χ1) is 6.90. The van der Waals surface area contributed by atoms with Crippen LogP contribution >= 0.6 is 23.7 Å². The molecule has 0 N–H and O–H groups in total. The lowest BCUT2D eigenvalue weighted by molar-refractivity contribution is 0.868. The lowest BCUT2D eigenvalue weighted by Crippen LogP contribution is -2.15. The highest BCUT2D eigenvalue weighted by Gasteiger charge is 2.17. The summed E-state index contributed by atoms with van der Waals surface area (Å²) in [5, 5.41) is 6.03. The van der Waals surface area contributed by atoms with Gasteiger partial charge in [-0.2, -0.15) is 5.12 Å². The Hall–Kier alpha value is -0.650. The van der Waals surface area contributed by atoms with E-state index in [1.54, 1.807) is 16.9 Å². The van der Waals surface area contributed by atoms with Gasteiger partial charge in [-0.15, -0.1) is 5.10 Å². The summed E-state index contributed by atoms with van der Waals surface area (Å²) in [6.07, 6.45) is 0. The Morgan fingerprint density at radius 2 is 2.14 bits per heavy atom. The molecule has 0 saturated heterocycles. The van der Waals surface area contributed by atoms with E-state index >= 15 is 0 Å². The van der Waals surface area contributed by atoms with Crippen LogP contribution in [0.5, 0.6) is 0 Å². The fourth-order valence-corrected chi connectivity index (χ4v) is 2.47. The van der Waals surface area contributed by atoms with E-state index in [1.165, 1.54) is 11.9 Å². The number of anilines is 1. The SMILES string of the molecule is CCSC1=NN(c2ccccc2)[N]S1. The molecular formula is C9H10N3S2. The van der Waals surface area contributed by atoms with E-state index in [9.17, 15) is 0 Å². The average Bonchev–Trinajstić information content (AvgIpc) is 2.68. The van der Waals surface area contributed by atoms with Crippen LogP contribution in [0.3, 0.4) is 0 Å². The summed E-state index contributed by atoms with van der Waals surface area (Å²) in [4.78, 5) is 4.23. The molecule has 0 amide bonds. The van der Waals surface area contributed by atoms with Gasteiger partial charge in [-0.1, -0.05) is 36.9 Å². The van der Waals surface area contributed by atoms with Crippen LogP contribution in [-0.2, 0) is 0 Å². The molecule has 0 bridgehead atoms. The first-order valence-corrected chi connectivity index (χ1v) is 6.10. The van der Waals surface area contributed by atoms with Gasteiger partial charge in [-0.3, -0.25) is 0 Å². The normalized spacial score (nSPS) is 15.8. The third kappa shape index (κ3) is 2.23. The fourth-order valence-electron chi connectivity index (χ4n) is 1.03. The molecule has 3 nitrogen and oxygen atoms in total. The smallest absolute Gasteiger partial charge is 0.165 e. The summed E-state index contributed by atoms with van der Waals surface area (Å²) in [5.41, 5.74) is 1.01. The second kappa shape index (κ2) is 4.72. The quantitative estimate of drug-likeness (QED) is 0.723. The molecule has 0 atom stereocenters. The lowest BCUT2D eigenvalue weighted by Gasteiger charge is -2.08. The molecule has 1 heterocycles. The molecule has 1 radical (unpaired) electrons. The van der Waals surface area contributed by atoms with Crippen molar-refractivity contribution in [2.45, 2.75) is 6.92 Å². The van der Waals surface area contributed by atoms with Crippen molar-refractivity contribution in [2.75, 3.05) is 10.9 Å². The summed E-state index contributed by atoms with van der Waals surface area (Å²) in [5.74, 6) is 1.03. The average molecular weight is 224 g/mol.